The quantitative estimate of drug-likeness (QED) is 0.793. The molecule has 2 fully saturated rings. The number of ether oxygens (including phenoxy) is 2. The van der Waals surface area contributed by atoms with E-state index < -0.39 is 29.7 Å². The molecule has 1 aromatic carbocycles. The molecule has 3 aliphatic rings. The van der Waals surface area contributed by atoms with Gasteiger partial charge in [-0.3, -0.25) is 9.69 Å². The molecule has 1 unspecified atom stereocenters. The SMILES string of the molecule is CC(C)(C)OC(=O)NCC1CN(c2cc(F)c3c(c2)CC(=O)N3CC2CC2)C(=O)O1. The maximum atomic E-state index is 14.9. The van der Waals surface area contributed by atoms with E-state index >= 15 is 0 Å². The Hall–Kier alpha value is -2.84. The van der Waals surface area contributed by atoms with Crippen LogP contribution in [0.1, 0.15) is 39.2 Å². The van der Waals surface area contributed by atoms with E-state index in [1.54, 1.807) is 26.8 Å². The second kappa shape index (κ2) is 7.45. The van der Waals surface area contributed by atoms with Gasteiger partial charge in [-0.2, -0.15) is 0 Å². The molecule has 3 amide bonds. The van der Waals surface area contributed by atoms with Crippen molar-refractivity contribution in [3.05, 3.63) is 23.5 Å². The van der Waals surface area contributed by atoms with Crippen molar-refractivity contribution in [1.29, 1.82) is 0 Å². The van der Waals surface area contributed by atoms with Gasteiger partial charge in [0, 0.05) is 6.54 Å². The number of alkyl carbamates (subject to hydrolysis) is 1. The molecular formula is C21H26FN3O5. The summed E-state index contributed by atoms with van der Waals surface area (Å²) in [6.45, 7) is 6.05. The zero-order valence-corrected chi connectivity index (χ0v) is 17.4. The molecule has 9 heteroatoms. The lowest BCUT2D eigenvalue weighted by molar-refractivity contribution is -0.117. The van der Waals surface area contributed by atoms with Crippen LogP contribution in [-0.4, -0.2) is 49.4 Å². The number of benzene rings is 1. The Morgan fingerprint density at radius 2 is 2.03 bits per heavy atom. The zero-order chi connectivity index (χ0) is 21.6. The average Bonchev–Trinajstić information content (AvgIpc) is 3.28. The maximum Gasteiger partial charge on any atom is 0.414 e. The standard InChI is InChI=1S/C21H26FN3O5/c1-21(2,3)30-19(27)23-9-15-11-24(20(28)29-15)14-6-13-7-17(26)25(10-12-4-5-12)18(13)16(22)8-14/h6,8,12,15H,4-5,7,9-11H2,1-3H3,(H,23,27). The summed E-state index contributed by atoms with van der Waals surface area (Å²) >= 11 is 0. The number of nitrogens with zero attached hydrogens (tertiary/aromatic N) is 2. The van der Waals surface area contributed by atoms with Crippen molar-refractivity contribution in [2.75, 3.05) is 29.4 Å². The topological polar surface area (TPSA) is 88.2 Å². The summed E-state index contributed by atoms with van der Waals surface area (Å²) in [4.78, 5) is 39.3. The number of carbonyl (C=O) groups is 3. The first kappa shape index (κ1) is 20.4. The van der Waals surface area contributed by atoms with Crippen molar-refractivity contribution in [2.45, 2.75) is 51.7 Å². The molecule has 162 valence electrons. The Bertz CT molecular complexity index is 893. The highest BCUT2D eigenvalue weighted by Crippen LogP contribution is 2.39. The normalized spacial score (nSPS) is 21.0. The summed E-state index contributed by atoms with van der Waals surface area (Å²) in [6.07, 6.45) is 0.446. The van der Waals surface area contributed by atoms with Crippen LogP contribution in [0.15, 0.2) is 12.1 Å². The van der Waals surface area contributed by atoms with Crippen LogP contribution < -0.4 is 15.1 Å². The Morgan fingerprint density at radius 3 is 2.70 bits per heavy atom. The number of anilines is 2. The van der Waals surface area contributed by atoms with Gasteiger partial charge in [0.25, 0.3) is 0 Å². The van der Waals surface area contributed by atoms with Crippen molar-refractivity contribution >= 4 is 29.5 Å². The molecule has 4 rings (SSSR count). The molecule has 1 atom stereocenters. The number of hydrogen-bond acceptors (Lipinski definition) is 5. The lowest BCUT2D eigenvalue weighted by atomic mass is 10.1. The number of carbonyl (C=O) groups excluding carboxylic acids is 3. The average molecular weight is 419 g/mol. The van der Waals surface area contributed by atoms with Crippen LogP contribution >= 0.6 is 0 Å². The smallest absolute Gasteiger partial charge is 0.414 e. The number of hydrogen-bond donors (Lipinski definition) is 1. The zero-order valence-electron chi connectivity index (χ0n) is 17.4. The van der Waals surface area contributed by atoms with Crippen molar-refractivity contribution < 1.29 is 28.2 Å². The minimum Gasteiger partial charge on any atom is -0.444 e. The molecule has 2 aliphatic heterocycles. The van der Waals surface area contributed by atoms with Crippen LogP contribution in [0.3, 0.4) is 0 Å². The van der Waals surface area contributed by atoms with E-state index in [9.17, 15) is 18.8 Å². The number of amides is 3. The molecule has 30 heavy (non-hydrogen) atoms. The second-order valence-electron chi connectivity index (χ2n) is 9.06. The summed E-state index contributed by atoms with van der Waals surface area (Å²) in [5.74, 6) is -0.181. The molecule has 0 spiro atoms. The predicted molar refractivity (Wildman–Crippen MR) is 107 cm³/mol. The van der Waals surface area contributed by atoms with Crippen LogP contribution in [0, 0.1) is 11.7 Å². The summed E-state index contributed by atoms with van der Waals surface area (Å²) in [5.41, 5.74) is 0.622. The molecule has 8 nitrogen and oxygen atoms in total. The molecule has 1 saturated carbocycles. The monoisotopic (exact) mass is 419 g/mol. The van der Waals surface area contributed by atoms with Crippen molar-refractivity contribution in [1.82, 2.24) is 5.32 Å². The van der Waals surface area contributed by atoms with Gasteiger partial charge >= 0.3 is 12.2 Å². The first-order valence-electron chi connectivity index (χ1n) is 10.2. The lowest BCUT2D eigenvalue weighted by Gasteiger charge is -2.20. The molecule has 1 N–H and O–H groups in total. The van der Waals surface area contributed by atoms with Gasteiger partial charge < -0.3 is 19.7 Å². The summed E-state index contributed by atoms with van der Waals surface area (Å²) < 4.78 is 25.3. The first-order chi connectivity index (χ1) is 14.1. The fourth-order valence-electron chi connectivity index (χ4n) is 3.72. The van der Waals surface area contributed by atoms with Gasteiger partial charge in [-0.15, -0.1) is 0 Å². The predicted octanol–water partition coefficient (Wildman–Crippen LogP) is 2.97. The van der Waals surface area contributed by atoms with E-state index in [1.807, 2.05) is 0 Å². The van der Waals surface area contributed by atoms with E-state index in [0.717, 1.165) is 12.8 Å². The van der Waals surface area contributed by atoms with Crippen molar-refractivity contribution in [3.8, 4) is 0 Å². The summed E-state index contributed by atoms with van der Waals surface area (Å²) in [6, 6.07) is 2.94. The van der Waals surface area contributed by atoms with Gasteiger partial charge in [0.2, 0.25) is 5.91 Å². The van der Waals surface area contributed by atoms with E-state index in [2.05, 4.69) is 5.32 Å². The van der Waals surface area contributed by atoms with Crippen LogP contribution in [-0.2, 0) is 20.7 Å². The van der Waals surface area contributed by atoms with Gasteiger partial charge in [0.15, 0.2) is 0 Å². The van der Waals surface area contributed by atoms with Gasteiger partial charge in [-0.25, -0.2) is 14.0 Å². The number of fused-ring (bicyclic) bond motifs is 1. The minimum atomic E-state index is -0.630. The second-order valence-corrected chi connectivity index (χ2v) is 9.06. The lowest BCUT2D eigenvalue weighted by Crippen LogP contribution is -2.38. The van der Waals surface area contributed by atoms with Gasteiger partial charge in [-0.1, -0.05) is 0 Å². The highest BCUT2D eigenvalue weighted by molar-refractivity contribution is 6.02. The maximum absolute atomic E-state index is 14.9. The largest absolute Gasteiger partial charge is 0.444 e. The van der Waals surface area contributed by atoms with Crippen LogP contribution in [0.5, 0.6) is 0 Å². The fourth-order valence-corrected chi connectivity index (χ4v) is 3.72. The number of halogens is 1. The van der Waals surface area contributed by atoms with Crippen molar-refractivity contribution in [3.63, 3.8) is 0 Å². The molecule has 0 bridgehead atoms. The number of rotatable bonds is 5. The van der Waals surface area contributed by atoms with Crippen molar-refractivity contribution in [2.24, 2.45) is 5.92 Å². The van der Waals surface area contributed by atoms with E-state index in [4.69, 9.17) is 9.47 Å². The third-order valence-corrected chi connectivity index (χ3v) is 5.24. The van der Waals surface area contributed by atoms with Crippen LogP contribution in [0.2, 0.25) is 0 Å². The minimum absolute atomic E-state index is 0.0816. The van der Waals surface area contributed by atoms with Gasteiger partial charge in [-0.05, 0) is 57.2 Å². The molecule has 2 heterocycles. The third kappa shape index (κ3) is 4.34. The van der Waals surface area contributed by atoms with E-state index in [0.29, 0.717) is 29.4 Å². The third-order valence-electron chi connectivity index (χ3n) is 5.24. The number of cyclic esters (lactones) is 1. The Morgan fingerprint density at radius 1 is 1.30 bits per heavy atom. The molecule has 1 aromatic rings. The number of nitrogens with one attached hydrogen (secondary N) is 1. The Kier molecular flexibility index (Phi) is 5.07. The molecule has 0 aromatic heterocycles. The van der Waals surface area contributed by atoms with Crippen LogP contribution in [0.25, 0.3) is 0 Å². The Balaban J connectivity index is 1.43. The molecule has 1 saturated heterocycles. The Labute approximate surface area is 174 Å². The summed E-state index contributed by atoms with van der Waals surface area (Å²) in [7, 11) is 0. The first-order valence-corrected chi connectivity index (χ1v) is 10.2. The molecule has 1 aliphatic carbocycles. The highest BCUT2D eigenvalue weighted by atomic mass is 19.1. The van der Waals surface area contributed by atoms with Gasteiger partial charge in [0.05, 0.1) is 30.9 Å². The van der Waals surface area contributed by atoms with Crippen LogP contribution in [0.4, 0.5) is 25.4 Å². The van der Waals surface area contributed by atoms with E-state index in [1.165, 1.54) is 15.9 Å². The molecule has 0 radical (unpaired) electrons. The fraction of sp³-hybridized carbons (Fsp3) is 0.571. The molecular weight excluding hydrogens is 393 g/mol. The van der Waals surface area contributed by atoms with E-state index in [-0.39, 0.29) is 25.4 Å². The highest BCUT2D eigenvalue weighted by Gasteiger charge is 2.38. The summed E-state index contributed by atoms with van der Waals surface area (Å²) in [5, 5.41) is 2.57. The van der Waals surface area contributed by atoms with Gasteiger partial charge in [0.1, 0.15) is 17.5 Å².